The van der Waals surface area contributed by atoms with E-state index in [2.05, 4.69) is 15.9 Å². The molecule has 7 rings (SSSR count). The van der Waals surface area contributed by atoms with Gasteiger partial charge in [-0.05, 0) is 77.5 Å². The van der Waals surface area contributed by atoms with Crippen LogP contribution in [0.2, 0.25) is 0 Å². The first-order chi connectivity index (χ1) is 19.6. The van der Waals surface area contributed by atoms with Crippen molar-refractivity contribution in [3.63, 3.8) is 0 Å². The number of fused-ring (bicyclic) bond motifs is 7. The zero-order valence-electron chi connectivity index (χ0n) is 25.4. The minimum atomic E-state index is -0.535. The molecule has 0 N–H and O–H groups in total. The molecule has 0 unspecified atom stereocenters. The van der Waals surface area contributed by atoms with Gasteiger partial charge in [-0.25, -0.2) is 0 Å². The molecule has 0 aliphatic carbocycles. The van der Waals surface area contributed by atoms with Crippen LogP contribution in [0.25, 0.3) is 65.4 Å². The summed E-state index contributed by atoms with van der Waals surface area (Å²) in [5.41, 5.74) is 0.515. The first kappa shape index (κ1) is 11.3. The Morgan fingerprint density at radius 2 is 1.31 bits per heavy atom. The van der Waals surface area contributed by atoms with Crippen molar-refractivity contribution in [2.45, 2.75) is 0 Å². The lowest BCUT2D eigenvalue weighted by Gasteiger charge is -2.14. The van der Waals surface area contributed by atoms with Crippen LogP contribution in [0.4, 0.5) is 0 Å². The number of halogens is 1. The van der Waals surface area contributed by atoms with Gasteiger partial charge in [0.2, 0.25) is 0 Å². The van der Waals surface area contributed by atoms with Gasteiger partial charge >= 0.3 is 0 Å². The third-order valence-electron chi connectivity index (χ3n) is 5.81. The van der Waals surface area contributed by atoms with Crippen molar-refractivity contribution in [2.24, 2.45) is 0 Å². The van der Waals surface area contributed by atoms with Gasteiger partial charge in [0.05, 0.1) is 12.3 Å². The summed E-state index contributed by atoms with van der Waals surface area (Å²) in [7, 11) is 0. The molecular formula is C30H17BrO. The van der Waals surface area contributed by atoms with Crippen molar-refractivity contribution in [3.8, 4) is 11.1 Å². The van der Waals surface area contributed by atoms with Gasteiger partial charge in [0, 0.05) is 15.2 Å². The number of rotatable bonds is 1. The number of hydrogen-bond donors (Lipinski definition) is 0. The predicted octanol–water partition coefficient (Wildman–Crippen LogP) is 9.48. The highest BCUT2D eigenvalue weighted by Crippen LogP contribution is 2.43. The normalized spacial score (nSPS) is 15.8. The van der Waals surface area contributed by atoms with Crippen LogP contribution < -0.4 is 0 Å². The van der Waals surface area contributed by atoms with Crippen LogP contribution in [0.15, 0.2) is 112 Å². The van der Waals surface area contributed by atoms with Crippen molar-refractivity contribution < 1.29 is 16.8 Å². The quantitative estimate of drug-likeness (QED) is 0.212. The average molecular weight is 482 g/mol. The Labute approximate surface area is 205 Å². The summed E-state index contributed by atoms with van der Waals surface area (Å²) in [6.07, 6.45) is 0. The standard InChI is InChI=1S/C30H17BrO/c31-30-23-11-5-3-9-21(23)28(22-10-4-6-12-24(22)30)19-13-15-25-27(17-19)32-26-16-14-18-7-1-2-8-20(18)29(25)26/h1-17H/i1D,2D,7D,8D,13D,14D,15D,16D,17D. The number of hydrogen-bond acceptors (Lipinski definition) is 1. The highest BCUT2D eigenvalue weighted by Gasteiger charge is 2.16. The topological polar surface area (TPSA) is 13.1 Å². The molecule has 0 spiro atoms. The lowest BCUT2D eigenvalue weighted by Crippen LogP contribution is -1.87. The molecule has 2 heteroatoms. The van der Waals surface area contributed by atoms with E-state index < -0.39 is 36.3 Å². The molecule has 0 radical (unpaired) electrons. The molecule has 0 bridgehead atoms. The largest absolute Gasteiger partial charge is 0.456 e. The molecule has 0 aliphatic rings. The Balaban J connectivity index is 1.75. The molecule has 32 heavy (non-hydrogen) atoms. The fourth-order valence-corrected chi connectivity index (χ4v) is 5.11. The Morgan fingerprint density at radius 3 is 2.06 bits per heavy atom. The van der Waals surface area contributed by atoms with Crippen LogP contribution in [0, 0.1) is 0 Å². The van der Waals surface area contributed by atoms with Gasteiger partial charge in [-0.15, -0.1) is 0 Å². The summed E-state index contributed by atoms with van der Waals surface area (Å²) < 4.78 is 85.0. The Bertz CT molecular complexity index is 2270. The van der Waals surface area contributed by atoms with E-state index in [9.17, 15) is 1.37 Å². The second-order valence-corrected chi connectivity index (χ2v) is 8.33. The SMILES string of the molecule is [2H]c1c([2H])c([2H])c2c(c1[2H])c([2H])c([2H])c1oc3c([2H])c(-c4c5ccccc5c(Br)c5ccccc45)c([2H])c([2H])c3c12. The molecule has 0 fully saturated rings. The highest BCUT2D eigenvalue weighted by atomic mass is 79.9. The zero-order chi connectivity index (χ0) is 29.1. The van der Waals surface area contributed by atoms with Crippen LogP contribution >= 0.6 is 15.9 Å². The second-order valence-electron chi connectivity index (χ2n) is 7.54. The third-order valence-corrected chi connectivity index (χ3v) is 6.67. The Morgan fingerprint density at radius 1 is 0.625 bits per heavy atom. The van der Waals surface area contributed by atoms with Gasteiger partial charge < -0.3 is 4.42 Å². The molecule has 0 saturated heterocycles. The summed E-state index contributed by atoms with van der Waals surface area (Å²) in [4.78, 5) is 0. The van der Waals surface area contributed by atoms with E-state index in [4.69, 9.17) is 15.4 Å². The number of benzene rings is 6. The first-order valence-electron chi connectivity index (χ1n) is 14.5. The van der Waals surface area contributed by atoms with Gasteiger partial charge in [-0.3, -0.25) is 0 Å². The van der Waals surface area contributed by atoms with E-state index in [1.807, 2.05) is 48.5 Å². The second kappa shape index (κ2) is 6.69. The molecule has 1 nitrogen and oxygen atoms in total. The van der Waals surface area contributed by atoms with E-state index in [-0.39, 0.29) is 56.4 Å². The molecule has 1 heterocycles. The van der Waals surface area contributed by atoms with Gasteiger partial charge in [0.15, 0.2) is 0 Å². The molecule has 1 aromatic heterocycles. The van der Waals surface area contributed by atoms with Crippen molar-refractivity contribution in [1.82, 2.24) is 0 Å². The molecule has 150 valence electrons. The predicted molar refractivity (Wildman–Crippen MR) is 139 cm³/mol. The summed E-state index contributed by atoms with van der Waals surface area (Å²) in [6, 6.07) is 11.6. The Kier molecular flexibility index (Phi) is 2.36. The maximum atomic E-state index is 9.29. The average Bonchev–Trinajstić information content (AvgIpc) is 3.38. The van der Waals surface area contributed by atoms with Crippen LogP contribution in [0.3, 0.4) is 0 Å². The molecule has 6 aromatic carbocycles. The summed E-state index contributed by atoms with van der Waals surface area (Å²) >= 11 is 3.72. The van der Waals surface area contributed by atoms with E-state index in [0.29, 0.717) is 5.56 Å². The van der Waals surface area contributed by atoms with Crippen LogP contribution in [-0.4, -0.2) is 0 Å². The van der Waals surface area contributed by atoms with Crippen LogP contribution in [0.5, 0.6) is 0 Å². The minimum absolute atomic E-state index is 0.00741. The summed E-state index contributed by atoms with van der Waals surface area (Å²) in [5.74, 6) is 0. The van der Waals surface area contributed by atoms with Gasteiger partial charge in [-0.1, -0.05) is 84.8 Å². The highest BCUT2D eigenvalue weighted by molar-refractivity contribution is 9.10. The van der Waals surface area contributed by atoms with Crippen LogP contribution in [-0.2, 0) is 0 Å². The maximum absolute atomic E-state index is 9.29. The number of furan rings is 1. The lowest BCUT2D eigenvalue weighted by molar-refractivity contribution is 0.669. The first-order valence-corrected chi connectivity index (χ1v) is 10.8. The Hall–Kier alpha value is -3.62. The maximum Gasteiger partial charge on any atom is 0.136 e. The van der Waals surface area contributed by atoms with Crippen molar-refractivity contribution >= 4 is 70.2 Å². The van der Waals surface area contributed by atoms with E-state index in [1.54, 1.807) is 0 Å². The molecular weight excluding hydrogens is 456 g/mol. The molecule has 0 atom stereocenters. The fourth-order valence-electron chi connectivity index (χ4n) is 4.42. The zero-order valence-corrected chi connectivity index (χ0v) is 18.0. The minimum Gasteiger partial charge on any atom is -0.456 e. The van der Waals surface area contributed by atoms with Crippen LogP contribution in [0.1, 0.15) is 12.3 Å². The molecule has 0 aliphatic heterocycles. The smallest absolute Gasteiger partial charge is 0.136 e. The van der Waals surface area contributed by atoms with Crippen molar-refractivity contribution in [2.75, 3.05) is 0 Å². The van der Waals surface area contributed by atoms with Crippen molar-refractivity contribution in [1.29, 1.82) is 0 Å². The molecule has 0 saturated carbocycles. The monoisotopic (exact) mass is 481 g/mol. The fraction of sp³-hybridized carbons (Fsp3) is 0. The van der Waals surface area contributed by atoms with Gasteiger partial charge in [0.1, 0.15) is 11.2 Å². The molecule has 7 aromatic rings. The van der Waals surface area contributed by atoms with Crippen molar-refractivity contribution in [3.05, 3.63) is 107 Å². The molecule has 0 amide bonds. The summed E-state index contributed by atoms with van der Waals surface area (Å²) in [5, 5.41) is 3.08. The lowest BCUT2D eigenvalue weighted by atomic mass is 9.91. The van der Waals surface area contributed by atoms with Gasteiger partial charge in [-0.2, -0.15) is 0 Å². The van der Waals surface area contributed by atoms with E-state index >= 15 is 0 Å². The summed E-state index contributed by atoms with van der Waals surface area (Å²) in [6.45, 7) is 0. The van der Waals surface area contributed by atoms with E-state index in [0.717, 1.165) is 26.0 Å². The third kappa shape index (κ3) is 2.44. The van der Waals surface area contributed by atoms with Gasteiger partial charge in [0.25, 0.3) is 0 Å². The van der Waals surface area contributed by atoms with E-state index in [1.165, 1.54) is 0 Å².